The summed E-state index contributed by atoms with van der Waals surface area (Å²) in [4.78, 5) is 13.1. The minimum Gasteiger partial charge on any atom is -0.384 e. The van der Waals surface area contributed by atoms with Crippen LogP contribution in [0.25, 0.3) is 28.1 Å². The molecular formula is C17H12ClN5. The summed E-state index contributed by atoms with van der Waals surface area (Å²) >= 11 is 6.00. The van der Waals surface area contributed by atoms with Crippen molar-refractivity contribution in [3.8, 4) is 17.1 Å². The van der Waals surface area contributed by atoms with Crippen molar-refractivity contribution >= 4 is 28.5 Å². The Labute approximate surface area is 137 Å². The first-order valence-corrected chi connectivity index (χ1v) is 7.40. The lowest BCUT2D eigenvalue weighted by Crippen LogP contribution is -1.98. The van der Waals surface area contributed by atoms with Crippen LogP contribution < -0.4 is 5.73 Å². The molecule has 0 spiro atoms. The quantitative estimate of drug-likeness (QED) is 0.611. The summed E-state index contributed by atoms with van der Waals surface area (Å²) in [7, 11) is 0. The van der Waals surface area contributed by atoms with Gasteiger partial charge in [-0.25, -0.2) is 9.97 Å². The molecule has 0 atom stereocenters. The van der Waals surface area contributed by atoms with E-state index in [2.05, 4.69) is 9.97 Å². The van der Waals surface area contributed by atoms with Crippen LogP contribution in [0, 0.1) is 0 Å². The van der Waals surface area contributed by atoms with Gasteiger partial charge in [-0.05, 0) is 42.5 Å². The first-order valence-electron chi connectivity index (χ1n) is 7.03. The molecule has 4 rings (SSSR count). The van der Waals surface area contributed by atoms with Crippen molar-refractivity contribution < 1.29 is 0 Å². The van der Waals surface area contributed by atoms with Crippen molar-refractivity contribution in [1.29, 1.82) is 0 Å². The molecular weight excluding hydrogens is 310 g/mol. The lowest BCUT2D eigenvalue weighted by atomic mass is 10.2. The zero-order valence-electron chi connectivity index (χ0n) is 12.0. The normalized spacial score (nSPS) is 11.0. The number of imidazole rings is 1. The monoisotopic (exact) mass is 321 g/mol. The topological polar surface area (TPSA) is 69.6 Å². The van der Waals surface area contributed by atoms with Gasteiger partial charge in [0, 0.05) is 28.7 Å². The molecule has 0 saturated heterocycles. The lowest BCUT2D eigenvalue weighted by Gasteiger charge is -2.09. The van der Waals surface area contributed by atoms with Crippen molar-refractivity contribution in [2.45, 2.75) is 0 Å². The van der Waals surface area contributed by atoms with E-state index in [0.717, 1.165) is 28.1 Å². The van der Waals surface area contributed by atoms with Gasteiger partial charge in [-0.2, -0.15) is 0 Å². The minimum atomic E-state index is 0.476. The summed E-state index contributed by atoms with van der Waals surface area (Å²) in [5.41, 5.74) is 9.30. The highest BCUT2D eigenvalue weighted by molar-refractivity contribution is 6.30. The van der Waals surface area contributed by atoms with Crippen LogP contribution in [0.2, 0.25) is 5.02 Å². The maximum atomic E-state index is 6.00. The number of fused-ring (bicyclic) bond motifs is 1. The Kier molecular flexibility index (Phi) is 3.20. The second-order valence-corrected chi connectivity index (χ2v) is 5.52. The van der Waals surface area contributed by atoms with Crippen LogP contribution in [0.3, 0.4) is 0 Å². The summed E-state index contributed by atoms with van der Waals surface area (Å²) in [6.07, 6.45) is 5.24. The smallest absolute Gasteiger partial charge is 0.147 e. The SMILES string of the molecule is Nc1ccc(-c2nc3ccncc3n2-c2ccc(Cl)cc2)cn1. The number of nitrogen functional groups attached to an aromatic ring is 1. The molecule has 23 heavy (non-hydrogen) atoms. The molecule has 3 heterocycles. The van der Waals surface area contributed by atoms with Crippen LogP contribution in [-0.4, -0.2) is 19.5 Å². The van der Waals surface area contributed by atoms with Gasteiger partial charge in [-0.3, -0.25) is 9.55 Å². The van der Waals surface area contributed by atoms with E-state index in [9.17, 15) is 0 Å². The number of aromatic nitrogens is 4. The average molecular weight is 322 g/mol. The van der Waals surface area contributed by atoms with Crippen LogP contribution in [0.4, 0.5) is 5.82 Å². The highest BCUT2D eigenvalue weighted by atomic mass is 35.5. The van der Waals surface area contributed by atoms with E-state index in [1.807, 2.05) is 41.0 Å². The van der Waals surface area contributed by atoms with Gasteiger partial charge in [-0.1, -0.05) is 11.6 Å². The fraction of sp³-hybridized carbons (Fsp3) is 0. The predicted octanol–water partition coefficient (Wildman–Crippen LogP) is 3.72. The van der Waals surface area contributed by atoms with E-state index in [1.54, 1.807) is 24.7 Å². The van der Waals surface area contributed by atoms with E-state index in [4.69, 9.17) is 22.3 Å². The van der Waals surface area contributed by atoms with Crippen molar-refractivity contribution in [1.82, 2.24) is 19.5 Å². The van der Waals surface area contributed by atoms with Gasteiger partial charge in [0.05, 0.1) is 17.2 Å². The number of hydrogen-bond donors (Lipinski definition) is 1. The predicted molar refractivity (Wildman–Crippen MR) is 91.5 cm³/mol. The average Bonchev–Trinajstić information content (AvgIpc) is 2.96. The summed E-state index contributed by atoms with van der Waals surface area (Å²) < 4.78 is 2.03. The third-order valence-corrected chi connectivity index (χ3v) is 3.84. The molecule has 1 aromatic carbocycles. The van der Waals surface area contributed by atoms with Gasteiger partial charge < -0.3 is 5.73 Å². The van der Waals surface area contributed by atoms with Crippen molar-refractivity contribution in [3.05, 3.63) is 66.1 Å². The Morgan fingerprint density at radius 3 is 2.52 bits per heavy atom. The minimum absolute atomic E-state index is 0.476. The van der Waals surface area contributed by atoms with Crippen molar-refractivity contribution in [2.75, 3.05) is 5.73 Å². The molecule has 0 amide bonds. The molecule has 0 aliphatic carbocycles. The zero-order valence-corrected chi connectivity index (χ0v) is 12.8. The molecule has 0 aliphatic heterocycles. The Morgan fingerprint density at radius 2 is 1.78 bits per heavy atom. The molecule has 3 aromatic heterocycles. The van der Waals surface area contributed by atoms with Crippen molar-refractivity contribution in [3.63, 3.8) is 0 Å². The van der Waals surface area contributed by atoms with E-state index in [0.29, 0.717) is 10.8 Å². The number of nitrogens with two attached hydrogens (primary N) is 1. The molecule has 0 fully saturated rings. The van der Waals surface area contributed by atoms with E-state index < -0.39 is 0 Å². The highest BCUT2D eigenvalue weighted by Crippen LogP contribution is 2.28. The molecule has 0 radical (unpaired) electrons. The molecule has 0 bridgehead atoms. The van der Waals surface area contributed by atoms with Crippen LogP contribution in [0.5, 0.6) is 0 Å². The second-order valence-electron chi connectivity index (χ2n) is 5.08. The van der Waals surface area contributed by atoms with E-state index in [-0.39, 0.29) is 0 Å². The molecule has 112 valence electrons. The molecule has 4 aromatic rings. The molecule has 0 aliphatic rings. The third-order valence-electron chi connectivity index (χ3n) is 3.59. The van der Waals surface area contributed by atoms with Crippen LogP contribution >= 0.6 is 11.6 Å². The fourth-order valence-corrected chi connectivity index (χ4v) is 2.63. The van der Waals surface area contributed by atoms with Gasteiger partial charge in [0.1, 0.15) is 11.6 Å². The van der Waals surface area contributed by atoms with Gasteiger partial charge in [0.2, 0.25) is 0 Å². The Balaban J connectivity index is 2.01. The summed E-state index contributed by atoms with van der Waals surface area (Å²) in [6, 6.07) is 13.2. The van der Waals surface area contributed by atoms with Crippen LogP contribution in [0.15, 0.2) is 61.1 Å². The van der Waals surface area contributed by atoms with Crippen LogP contribution in [-0.2, 0) is 0 Å². The first-order chi connectivity index (χ1) is 11.2. The zero-order chi connectivity index (χ0) is 15.8. The largest absolute Gasteiger partial charge is 0.384 e. The third kappa shape index (κ3) is 2.41. The molecule has 5 nitrogen and oxygen atoms in total. The maximum Gasteiger partial charge on any atom is 0.147 e. The maximum absolute atomic E-state index is 6.00. The first kappa shape index (κ1) is 13.7. The number of halogens is 1. The Hall–Kier alpha value is -2.92. The van der Waals surface area contributed by atoms with Gasteiger partial charge in [0.15, 0.2) is 0 Å². The summed E-state index contributed by atoms with van der Waals surface area (Å²) in [5.74, 6) is 1.26. The summed E-state index contributed by atoms with van der Waals surface area (Å²) in [5, 5.41) is 0.687. The summed E-state index contributed by atoms with van der Waals surface area (Å²) in [6.45, 7) is 0. The lowest BCUT2D eigenvalue weighted by molar-refractivity contribution is 1.09. The molecule has 0 saturated carbocycles. The highest BCUT2D eigenvalue weighted by Gasteiger charge is 2.14. The molecule has 0 unspecified atom stereocenters. The Morgan fingerprint density at radius 1 is 0.957 bits per heavy atom. The van der Waals surface area contributed by atoms with E-state index in [1.165, 1.54) is 0 Å². The van der Waals surface area contributed by atoms with Crippen LogP contribution in [0.1, 0.15) is 0 Å². The standard InChI is InChI=1S/C17H12ClN5/c18-12-2-4-13(5-3-12)23-15-10-20-8-7-14(15)22-17(23)11-1-6-16(19)21-9-11/h1-10H,(H2,19,21). The molecule has 6 heteroatoms. The number of anilines is 1. The van der Waals surface area contributed by atoms with Gasteiger partial charge in [-0.15, -0.1) is 0 Å². The van der Waals surface area contributed by atoms with Gasteiger partial charge in [0.25, 0.3) is 0 Å². The number of benzene rings is 1. The van der Waals surface area contributed by atoms with E-state index >= 15 is 0 Å². The van der Waals surface area contributed by atoms with Gasteiger partial charge >= 0.3 is 0 Å². The number of nitrogens with zero attached hydrogens (tertiary/aromatic N) is 4. The second kappa shape index (κ2) is 5.37. The number of hydrogen-bond acceptors (Lipinski definition) is 4. The van der Waals surface area contributed by atoms with Crippen molar-refractivity contribution in [2.24, 2.45) is 0 Å². The number of rotatable bonds is 2. The Bertz CT molecular complexity index is 974. The fourth-order valence-electron chi connectivity index (χ4n) is 2.51. The molecule has 2 N–H and O–H groups in total. The number of pyridine rings is 2.